The first-order valence-corrected chi connectivity index (χ1v) is 11.1. The van der Waals surface area contributed by atoms with Crippen molar-refractivity contribution in [1.82, 2.24) is 9.97 Å². The van der Waals surface area contributed by atoms with E-state index in [0.29, 0.717) is 34.5 Å². The fourth-order valence-electron chi connectivity index (χ4n) is 2.75. The predicted octanol–water partition coefficient (Wildman–Crippen LogP) is 4.30. The monoisotopic (exact) mass is 445 g/mol. The number of carbonyl (C=O) groups is 1. The van der Waals surface area contributed by atoms with Gasteiger partial charge < -0.3 is 10.6 Å². The number of nitrogens with zero attached hydrogens (tertiary/aromatic N) is 2. The van der Waals surface area contributed by atoms with Gasteiger partial charge in [0.05, 0.1) is 27.7 Å². The molecule has 2 aromatic carbocycles. The Morgan fingerprint density at radius 2 is 1.97 bits per heavy atom. The third kappa shape index (κ3) is 5.05. The summed E-state index contributed by atoms with van der Waals surface area (Å²) in [6.07, 6.45) is 3.06. The lowest BCUT2D eigenvalue weighted by Crippen LogP contribution is -2.16. The number of sulfonamides is 1. The second kappa shape index (κ2) is 9.10. The van der Waals surface area contributed by atoms with Gasteiger partial charge in [0, 0.05) is 11.1 Å². The van der Waals surface area contributed by atoms with Gasteiger partial charge in [-0.1, -0.05) is 31.2 Å². The van der Waals surface area contributed by atoms with Crippen molar-refractivity contribution in [3.05, 3.63) is 60.4 Å². The predicted molar refractivity (Wildman–Crippen MR) is 121 cm³/mol. The maximum atomic E-state index is 12.1. The minimum absolute atomic E-state index is 0.00324. The fraction of sp³-hybridized carbons (Fsp3) is 0.150. The number of anilines is 4. The third-order valence-electron chi connectivity index (χ3n) is 4.08. The molecular formula is C20H20ClN5O3S. The number of fused-ring (bicyclic) bond motifs is 1. The molecule has 1 amide bonds. The van der Waals surface area contributed by atoms with Crippen LogP contribution in [-0.2, 0) is 14.8 Å². The minimum Gasteiger partial charge on any atom is -0.338 e. The van der Waals surface area contributed by atoms with Gasteiger partial charge in [-0.2, -0.15) is 0 Å². The molecule has 0 fully saturated rings. The SMILES string of the molecule is C=CC(=O)Nc1ccc2ncnc(Nc3cccc(NS(=O)(=O)CCC)c3Cl)c2c1. The minimum atomic E-state index is -3.49. The average Bonchev–Trinajstić information content (AvgIpc) is 2.71. The number of halogens is 1. The summed E-state index contributed by atoms with van der Waals surface area (Å²) in [6, 6.07) is 10.2. The number of amides is 1. The van der Waals surface area contributed by atoms with Crippen molar-refractivity contribution in [3.63, 3.8) is 0 Å². The molecule has 0 aliphatic heterocycles. The van der Waals surface area contributed by atoms with Crippen LogP contribution >= 0.6 is 11.6 Å². The van der Waals surface area contributed by atoms with Crippen molar-refractivity contribution in [2.75, 3.05) is 21.1 Å². The number of rotatable bonds is 8. The summed E-state index contributed by atoms with van der Waals surface area (Å²) < 4.78 is 26.7. The maximum absolute atomic E-state index is 12.1. The molecule has 156 valence electrons. The Balaban J connectivity index is 1.96. The summed E-state index contributed by atoms with van der Waals surface area (Å²) in [5.74, 6) is 0.109. The Bertz CT molecular complexity index is 1210. The fourth-order valence-corrected chi connectivity index (χ4v) is 4.17. The molecule has 0 saturated carbocycles. The highest BCUT2D eigenvalue weighted by atomic mass is 35.5. The van der Waals surface area contributed by atoms with Crippen LogP contribution in [0, 0.1) is 0 Å². The maximum Gasteiger partial charge on any atom is 0.247 e. The van der Waals surface area contributed by atoms with Crippen LogP contribution in [0.25, 0.3) is 10.9 Å². The first-order valence-electron chi connectivity index (χ1n) is 9.07. The zero-order valence-electron chi connectivity index (χ0n) is 16.1. The molecule has 30 heavy (non-hydrogen) atoms. The van der Waals surface area contributed by atoms with Crippen LogP contribution in [0.15, 0.2) is 55.4 Å². The molecule has 0 aliphatic rings. The summed E-state index contributed by atoms with van der Waals surface area (Å²) in [7, 11) is -3.49. The van der Waals surface area contributed by atoms with E-state index in [2.05, 4.69) is 31.9 Å². The number of carbonyl (C=O) groups excluding carboxylic acids is 1. The largest absolute Gasteiger partial charge is 0.338 e. The summed E-state index contributed by atoms with van der Waals surface area (Å²) in [6.45, 7) is 5.22. The van der Waals surface area contributed by atoms with E-state index in [-0.39, 0.29) is 22.4 Å². The van der Waals surface area contributed by atoms with Crippen molar-refractivity contribution >= 4 is 61.3 Å². The molecule has 0 atom stereocenters. The van der Waals surface area contributed by atoms with Gasteiger partial charge in [-0.05, 0) is 42.8 Å². The van der Waals surface area contributed by atoms with Crippen LogP contribution in [0.5, 0.6) is 0 Å². The van der Waals surface area contributed by atoms with Crippen LogP contribution in [0.3, 0.4) is 0 Å². The van der Waals surface area contributed by atoms with Crippen LogP contribution < -0.4 is 15.4 Å². The summed E-state index contributed by atoms with van der Waals surface area (Å²) in [4.78, 5) is 20.1. The zero-order valence-corrected chi connectivity index (χ0v) is 17.7. The number of hydrogen-bond donors (Lipinski definition) is 3. The summed E-state index contributed by atoms with van der Waals surface area (Å²) in [5.41, 5.74) is 1.94. The molecule has 0 radical (unpaired) electrons. The summed E-state index contributed by atoms with van der Waals surface area (Å²) in [5, 5.41) is 6.66. The lowest BCUT2D eigenvalue weighted by molar-refractivity contribution is -0.111. The Kier molecular flexibility index (Phi) is 6.53. The van der Waals surface area contributed by atoms with Crippen molar-refractivity contribution in [3.8, 4) is 0 Å². The van der Waals surface area contributed by atoms with E-state index in [1.54, 1.807) is 43.3 Å². The molecule has 3 rings (SSSR count). The van der Waals surface area contributed by atoms with Gasteiger partial charge in [-0.15, -0.1) is 0 Å². The standard InChI is InChI=1S/C20H20ClN5O3S/c1-3-10-30(28,29)26-17-7-5-6-16(19(17)21)25-20-14-11-13(24-18(27)4-2)8-9-15(14)22-12-23-20/h4-9,11-12,26H,2-3,10H2,1H3,(H,24,27)(H,22,23,25). The van der Waals surface area contributed by atoms with Crippen LogP contribution in [0.2, 0.25) is 5.02 Å². The molecular weight excluding hydrogens is 426 g/mol. The first kappa shape index (κ1) is 21.5. The third-order valence-corrected chi connectivity index (χ3v) is 5.96. The molecule has 3 N–H and O–H groups in total. The van der Waals surface area contributed by atoms with E-state index in [0.717, 1.165) is 0 Å². The highest BCUT2D eigenvalue weighted by molar-refractivity contribution is 7.92. The van der Waals surface area contributed by atoms with E-state index in [4.69, 9.17) is 11.6 Å². The van der Waals surface area contributed by atoms with Crippen molar-refractivity contribution < 1.29 is 13.2 Å². The molecule has 1 aromatic heterocycles. The zero-order chi connectivity index (χ0) is 21.7. The summed E-state index contributed by atoms with van der Waals surface area (Å²) >= 11 is 6.43. The molecule has 0 aliphatic carbocycles. The topological polar surface area (TPSA) is 113 Å². The molecule has 1 heterocycles. The van der Waals surface area contributed by atoms with E-state index in [9.17, 15) is 13.2 Å². The van der Waals surface area contributed by atoms with E-state index in [1.807, 2.05) is 0 Å². The lowest BCUT2D eigenvalue weighted by atomic mass is 10.2. The Hall–Kier alpha value is -3.17. The van der Waals surface area contributed by atoms with E-state index >= 15 is 0 Å². The van der Waals surface area contributed by atoms with Crippen molar-refractivity contribution in [2.45, 2.75) is 13.3 Å². The number of aromatic nitrogens is 2. The number of nitrogens with one attached hydrogen (secondary N) is 3. The normalized spacial score (nSPS) is 11.1. The van der Waals surface area contributed by atoms with Gasteiger partial charge in [-0.25, -0.2) is 18.4 Å². The number of benzene rings is 2. The molecule has 8 nitrogen and oxygen atoms in total. The molecule has 10 heteroatoms. The van der Waals surface area contributed by atoms with E-state index in [1.165, 1.54) is 12.4 Å². The van der Waals surface area contributed by atoms with E-state index < -0.39 is 10.0 Å². The van der Waals surface area contributed by atoms with Crippen molar-refractivity contribution in [2.24, 2.45) is 0 Å². The van der Waals surface area contributed by atoms with Crippen molar-refractivity contribution in [1.29, 1.82) is 0 Å². The second-order valence-electron chi connectivity index (χ2n) is 6.36. The van der Waals surface area contributed by atoms with Gasteiger partial charge in [-0.3, -0.25) is 9.52 Å². The van der Waals surface area contributed by atoms with Gasteiger partial charge >= 0.3 is 0 Å². The molecule has 0 spiro atoms. The van der Waals surface area contributed by atoms with Gasteiger partial charge in [0.2, 0.25) is 15.9 Å². The molecule has 3 aromatic rings. The Morgan fingerprint density at radius 3 is 2.70 bits per heavy atom. The van der Waals surface area contributed by atoms with Gasteiger partial charge in [0.1, 0.15) is 12.1 Å². The highest BCUT2D eigenvalue weighted by Gasteiger charge is 2.15. The van der Waals surface area contributed by atoms with Crippen LogP contribution in [0.1, 0.15) is 13.3 Å². The smallest absolute Gasteiger partial charge is 0.247 e. The van der Waals surface area contributed by atoms with Crippen LogP contribution in [0.4, 0.5) is 22.9 Å². The molecule has 0 saturated heterocycles. The average molecular weight is 446 g/mol. The van der Waals surface area contributed by atoms with Gasteiger partial charge in [0.15, 0.2) is 0 Å². The quantitative estimate of drug-likeness (QED) is 0.445. The first-order chi connectivity index (χ1) is 14.3. The second-order valence-corrected chi connectivity index (χ2v) is 8.58. The lowest BCUT2D eigenvalue weighted by Gasteiger charge is -2.14. The Morgan fingerprint density at radius 1 is 1.20 bits per heavy atom. The van der Waals surface area contributed by atoms with Gasteiger partial charge in [0.25, 0.3) is 0 Å². The number of hydrogen-bond acceptors (Lipinski definition) is 6. The Labute approximate surface area is 179 Å². The van der Waals surface area contributed by atoms with Crippen LogP contribution in [-0.4, -0.2) is 30.0 Å². The molecule has 0 bridgehead atoms. The molecule has 0 unspecified atom stereocenters. The highest BCUT2D eigenvalue weighted by Crippen LogP contribution is 2.34.